The van der Waals surface area contributed by atoms with E-state index in [4.69, 9.17) is 22.7 Å². The van der Waals surface area contributed by atoms with Crippen molar-refractivity contribution in [2.45, 2.75) is 20.4 Å². The number of hydrogen-bond acceptors (Lipinski definition) is 4. The summed E-state index contributed by atoms with van der Waals surface area (Å²) in [5.74, 6) is 0.902. The smallest absolute Gasteiger partial charge is 0.128 e. The van der Waals surface area contributed by atoms with Crippen LogP contribution in [0, 0.1) is 13.8 Å². The second-order valence-electron chi connectivity index (χ2n) is 4.18. The van der Waals surface area contributed by atoms with Gasteiger partial charge in [0.1, 0.15) is 5.75 Å². The van der Waals surface area contributed by atoms with Crippen molar-refractivity contribution in [2.24, 2.45) is 5.73 Å². The quantitative estimate of drug-likeness (QED) is 0.804. The van der Waals surface area contributed by atoms with Gasteiger partial charge in [0.25, 0.3) is 0 Å². The number of nitrogens with zero attached hydrogens (tertiary/aromatic N) is 2. The fourth-order valence-electron chi connectivity index (χ4n) is 1.81. The van der Waals surface area contributed by atoms with E-state index >= 15 is 0 Å². The van der Waals surface area contributed by atoms with Gasteiger partial charge < -0.3 is 10.5 Å². The second-order valence-corrected chi connectivity index (χ2v) is 4.71. The van der Waals surface area contributed by atoms with Crippen molar-refractivity contribution < 1.29 is 4.74 Å². The molecule has 4 nitrogen and oxygen atoms in total. The molecule has 0 aliphatic heterocycles. The summed E-state index contributed by atoms with van der Waals surface area (Å²) in [5.41, 5.74) is 8.62. The van der Waals surface area contributed by atoms with Crippen molar-refractivity contribution >= 4 is 17.2 Å². The fraction of sp³-hybridized carbons (Fsp3) is 0.500. The number of aryl methyl sites for hydroxylation is 1. The molecule has 0 aliphatic carbocycles. The molecule has 5 heteroatoms. The van der Waals surface area contributed by atoms with Crippen LogP contribution in [0.15, 0.2) is 6.20 Å². The maximum Gasteiger partial charge on any atom is 0.128 e. The summed E-state index contributed by atoms with van der Waals surface area (Å²) in [7, 11) is 3.64. The van der Waals surface area contributed by atoms with Crippen LogP contribution in [0.2, 0.25) is 0 Å². The van der Waals surface area contributed by atoms with Crippen LogP contribution in [-0.2, 0) is 6.54 Å². The van der Waals surface area contributed by atoms with E-state index in [1.807, 2.05) is 32.0 Å². The molecule has 0 fully saturated rings. The Kier molecular flexibility index (Phi) is 4.84. The van der Waals surface area contributed by atoms with Gasteiger partial charge in [-0.25, -0.2) is 0 Å². The molecule has 0 saturated carbocycles. The highest BCUT2D eigenvalue weighted by atomic mass is 32.1. The van der Waals surface area contributed by atoms with Gasteiger partial charge in [0.15, 0.2) is 0 Å². The molecule has 17 heavy (non-hydrogen) atoms. The van der Waals surface area contributed by atoms with Gasteiger partial charge in [-0.05, 0) is 20.9 Å². The molecule has 0 aromatic carbocycles. The lowest BCUT2D eigenvalue weighted by Crippen LogP contribution is -2.29. The van der Waals surface area contributed by atoms with Gasteiger partial charge in [0, 0.05) is 30.4 Å². The van der Waals surface area contributed by atoms with Crippen molar-refractivity contribution in [3.05, 3.63) is 23.0 Å². The zero-order valence-electron chi connectivity index (χ0n) is 10.8. The van der Waals surface area contributed by atoms with E-state index in [1.165, 1.54) is 0 Å². The van der Waals surface area contributed by atoms with Gasteiger partial charge in [-0.1, -0.05) is 12.2 Å². The largest absolute Gasteiger partial charge is 0.496 e. The summed E-state index contributed by atoms with van der Waals surface area (Å²) in [6.07, 6.45) is 1.83. The predicted molar refractivity (Wildman–Crippen MR) is 73.4 cm³/mol. The minimum absolute atomic E-state index is 0.490. The van der Waals surface area contributed by atoms with Crippen LogP contribution in [0.3, 0.4) is 0 Å². The summed E-state index contributed by atoms with van der Waals surface area (Å²) in [4.78, 5) is 6.95. The monoisotopic (exact) mass is 253 g/mol. The van der Waals surface area contributed by atoms with E-state index < -0.39 is 0 Å². The summed E-state index contributed by atoms with van der Waals surface area (Å²) in [6, 6.07) is 0. The van der Waals surface area contributed by atoms with E-state index in [9.17, 15) is 0 Å². The molecule has 1 heterocycles. The average Bonchev–Trinajstić information content (AvgIpc) is 2.22. The summed E-state index contributed by atoms with van der Waals surface area (Å²) in [5, 5.41) is 0. The minimum Gasteiger partial charge on any atom is -0.496 e. The number of nitrogens with two attached hydrogens (primary N) is 1. The molecule has 0 bridgehead atoms. The fourth-order valence-corrected chi connectivity index (χ4v) is 2.03. The number of aromatic nitrogens is 1. The number of ether oxygens (including phenoxy) is 1. The number of pyridine rings is 1. The van der Waals surface area contributed by atoms with E-state index in [-0.39, 0.29) is 0 Å². The molecule has 0 radical (unpaired) electrons. The molecule has 2 N–H and O–H groups in total. The van der Waals surface area contributed by atoms with Gasteiger partial charge in [0.05, 0.1) is 17.8 Å². The van der Waals surface area contributed by atoms with Gasteiger partial charge >= 0.3 is 0 Å². The highest BCUT2D eigenvalue weighted by Gasteiger charge is 2.11. The molecule has 0 spiro atoms. The molecule has 94 valence electrons. The van der Waals surface area contributed by atoms with Crippen LogP contribution in [0.4, 0.5) is 0 Å². The number of methoxy groups -OCH3 is 1. The van der Waals surface area contributed by atoms with E-state index in [2.05, 4.69) is 4.98 Å². The molecular formula is C12H19N3OS. The maximum atomic E-state index is 5.51. The highest BCUT2D eigenvalue weighted by molar-refractivity contribution is 7.80. The first-order chi connectivity index (χ1) is 7.95. The minimum atomic E-state index is 0.490. The Hall–Kier alpha value is -1.20. The summed E-state index contributed by atoms with van der Waals surface area (Å²) >= 11 is 4.88. The van der Waals surface area contributed by atoms with Crippen LogP contribution in [0.25, 0.3) is 0 Å². The Morgan fingerprint density at radius 3 is 2.71 bits per heavy atom. The molecule has 1 aromatic rings. The maximum absolute atomic E-state index is 5.51. The van der Waals surface area contributed by atoms with E-state index in [0.29, 0.717) is 18.1 Å². The Bertz CT molecular complexity index is 420. The Morgan fingerprint density at radius 2 is 2.18 bits per heavy atom. The Morgan fingerprint density at radius 1 is 1.53 bits per heavy atom. The van der Waals surface area contributed by atoms with Crippen LogP contribution in [-0.4, -0.2) is 35.6 Å². The van der Waals surface area contributed by atoms with Crippen LogP contribution >= 0.6 is 12.2 Å². The second kappa shape index (κ2) is 5.93. The topological polar surface area (TPSA) is 51.4 Å². The predicted octanol–water partition coefficient (Wildman–Crippen LogP) is 1.42. The third-order valence-corrected chi connectivity index (χ3v) is 2.72. The lowest BCUT2D eigenvalue weighted by atomic mass is 10.1. The summed E-state index contributed by atoms with van der Waals surface area (Å²) in [6.45, 7) is 5.30. The molecule has 0 unspecified atom stereocenters. The Labute approximate surface area is 108 Å². The van der Waals surface area contributed by atoms with Crippen molar-refractivity contribution in [3.63, 3.8) is 0 Å². The molecule has 1 rings (SSSR count). The normalized spacial score (nSPS) is 10.6. The number of likely N-dealkylation sites (N-methyl/N-ethyl adjacent to an activating group) is 1. The van der Waals surface area contributed by atoms with Crippen molar-refractivity contribution in [2.75, 3.05) is 20.7 Å². The first-order valence-corrected chi connectivity index (χ1v) is 5.82. The highest BCUT2D eigenvalue weighted by Crippen LogP contribution is 2.24. The van der Waals surface area contributed by atoms with Gasteiger partial charge in [0.2, 0.25) is 0 Å². The first kappa shape index (κ1) is 13.9. The van der Waals surface area contributed by atoms with Crippen molar-refractivity contribution in [1.82, 2.24) is 9.88 Å². The van der Waals surface area contributed by atoms with E-state index in [1.54, 1.807) is 7.11 Å². The van der Waals surface area contributed by atoms with Gasteiger partial charge in [-0.3, -0.25) is 9.88 Å². The molecule has 0 amide bonds. The van der Waals surface area contributed by atoms with Gasteiger partial charge in [-0.15, -0.1) is 0 Å². The zero-order valence-corrected chi connectivity index (χ0v) is 11.6. The van der Waals surface area contributed by atoms with Crippen molar-refractivity contribution in [1.29, 1.82) is 0 Å². The molecule has 0 atom stereocenters. The van der Waals surface area contributed by atoms with Gasteiger partial charge in [-0.2, -0.15) is 0 Å². The molecule has 0 saturated heterocycles. The number of thiocarbonyl (C=S) groups is 1. The number of rotatable bonds is 5. The average molecular weight is 253 g/mol. The van der Waals surface area contributed by atoms with Crippen molar-refractivity contribution in [3.8, 4) is 5.75 Å². The molecular weight excluding hydrogens is 234 g/mol. The molecule has 1 aromatic heterocycles. The Balaban J connectivity index is 2.88. The standard InChI is InChI=1S/C12H19N3OS/c1-8-5-14-10(9(2)12(8)16-4)6-15(3)7-11(13)17/h5H,6-7H2,1-4H3,(H2,13,17). The zero-order chi connectivity index (χ0) is 13.0. The van der Waals surface area contributed by atoms with Crippen LogP contribution in [0.5, 0.6) is 5.75 Å². The van der Waals surface area contributed by atoms with Crippen LogP contribution in [0.1, 0.15) is 16.8 Å². The van der Waals surface area contributed by atoms with E-state index in [0.717, 1.165) is 22.6 Å². The summed E-state index contributed by atoms with van der Waals surface area (Å²) < 4.78 is 5.37. The van der Waals surface area contributed by atoms with Crippen LogP contribution < -0.4 is 10.5 Å². The third kappa shape index (κ3) is 3.64. The lowest BCUT2D eigenvalue weighted by Gasteiger charge is -2.18. The SMILES string of the molecule is COc1c(C)cnc(CN(C)CC(N)=S)c1C. The molecule has 0 aliphatic rings. The third-order valence-electron chi connectivity index (χ3n) is 2.60. The first-order valence-electron chi connectivity index (χ1n) is 5.41. The lowest BCUT2D eigenvalue weighted by molar-refractivity contribution is 0.364. The number of hydrogen-bond donors (Lipinski definition) is 1.